The summed E-state index contributed by atoms with van der Waals surface area (Å²) in [4.78, 5) is 17.9. The van der Waals surface area contributed by atoms with Gasteiger partial charge in [0.25, 0.3) is 5.91 Å². The predicted molar refractivity (Wildman–Crippen MR) is 90.7 cm³/mol. The van der Waals surface area contributed by atoms with Crippen molar-refractivity contribution in [3.63, 3.8) is 0 Å². The van der Waals surface area contributed by atoms with Gasteiger partial charge in [-0.1, -0.05) is 11.2 Å². The largest absolute Gasteiger partial charge is 0.355 e. The van der Waals surface area contributed by atoms with Gasteiger partial charge in [-0.3, -0.25) is 9.69 Å². The maximum atomic E-state index is 12.2. The van der Waals surface area contributed by atoms with Gasteiger partial charge in [-0.15, -0.1) is 11.3 Å². The molecule has 1 amide bonds. The van der Waals surface area contributed by atoms with Crippen LogP contribution in [0.1, 0.15) is 17.4 Å². The lowest BCUT2D eigenvalue weighted by Crippen LogP contribution is -2.51. The van der Waals surface area contributed by atoms with Gasteiger partial charge in [0.2, 0.25) is 0 Å². The molecule has 0 bridgehead atoms. The van der Waals surface area contributed by atoms with Crippen LogP contribution in [0, 0.1) is 0 Å². The summed E-state index contributed by atoms with van der Waals surface area (Å²) in [6.45, 7) is 6.99. The second-order valence-corrected chi connectivity index (χ2v) is 6.90. The number of piperazine rings is 1. The van der Waals surface area contributed by atoms with E-state index in [1.165, 1.54) is 0 Å². The highest BCUT2D eigenvalue weighted by Gasteiger charge is 2.20. The summed E-state index contributed by atoms with van der Waals surface area (Å²) in [7, 11) is 2.14. The van der Waals surface area contributed by atoms with Crippen molar-refractivity contribution in [1.82, 2.24) is 20.3 Å². The lowest BCUT2D eigenvalue weighted by atomic mass is 10.2. The van der Waals surface area contributed by atoms with E-state index in [0.717, 1.165) is 31.1 Å². The second kappa shape index (κ2) is 7.25. The number of amides is 1. The van der Waals surface area contributed by atoms with Gasteiger partial charge in [-0.25, -0.2) is 0 Å². The van der Waals surface area contributed by atoms with Crippen LogP contribution in [0.4, 0.5) is 0 Å². The van der Waals surface area contributed by atoms with Gasteiger partial charge < -0.3 is 14.7 Å². The van der Waals surface area contributed by atoms with Crippen LogP contribution in [0.5, 0.6) is 0 Å². The van der Waals surface area contributed by atoms with Crippen molar-refractivity contribution in [2.45, 2.75) is 13.0 Å². The Morgan fingerprint density at radius 2 is 2.22 bits per heavy atom. The Morgan fingerprint density at radius 3 is 2.91 bits per heavy atom. The minimum Gasteiger partial charge on any atom is -0.355 e. The number of hydrogen-bond acceptors (Lipinski definition) is 6. The third kappa shape index (κ3) is 3.99. The molecule has 1 N–H and O–H groups in total. The Hall–Kier alpha value is -1.70. The molecule has 124 valence electrons. The Kier molecular flexibility index (Phi) is 5.09. The molecule has 0 saturated carbocycles. The van der Waals surface area contributed by atoms with Crippen molar-refractivity contribution in [2.24, 2.45) is 0 Å². The van der Waals surface area contributed by atoms with E-state index in [0.29, 0.717) is 24.0 Å². The number of nitrogens with zero attached hydrogens (tertiary/aromatic N) is 3. The van der Waals surface area contributed by atoms with Crippen LogP contribution in [-0.4, -0.2) is 66.7 Å². The molecule has 23 heavy (non-hydrogen) atoms. The molecule has 1 aliphatic rings. The fraction of sp³-hybridized carbons (Fsp3) is 0.500. The van der Waals surface area contributed by atoms with Gasteiger partial charge in [-0.05, 0) is 25.4 Å². The highest BCUT2D eigenvalue weighted by molar-refractivity contribution is 7.13. The first kappa shape index (κ1) is 16.2. The molecule has 2 aromatic rings. The van der Waals surface area contributed by atoms with Crippen LogP contribution in [0.15, 0.2) is 28.1 Å². The second-order valence-electron chi connectivity index (χ2n) is 5.95. The Bertz CT molecular complexity index is 632. The first-order valence-electron chi connectivity index (χ1n) is 7.85. The summed E-state index contributed by atoms with van der Waals surface area (Å²) < 4.78 is 5.25. The van der Waals surface area contributed by atoms with Crippen LogP contribution in [0.2, 0.25) is 0 Å². The van der Waals surface area contributed by atoms with Gasteiger partial charge >= 0.3 is 0 Å². The van der Waals surface area contributed by atoms with Crippen molar-refractivity contribution in [3.05, 3.63) is 29.3 Å². The quantitative estimate of drug-likeness (QED) is 0.903. The van der Waals surface area contributed by atoms with Gasteiger partial charge in [0, 0.05) is 44.8 Å². The van der Waals surface area contributed by atoms with Crippen LogP contribution >= 0.6 is 11.3 Å². The van der Waals surface area contributed by atoms with E-state index in [2.05, 4.69) is 34.2 Å². The first-order valence-corrected chi connectivity index (χ1v) is 8.73. The van der Waals surface area contributed by atoms with Gasteiger partial charge in [0.05, 0.1) is 4.88 Å². The van der Waals surface area contributed by atoms with E-state index in [9.17, 15) is 4.79 Å². The highest BCUT2D eigenvalue weighted by Crippen LogP contribution is 2.25. The maximum absolute atomic E-state index is 12.2. The van der Waals surface area contributed by atoms with Crippen LogP contribution in [-0.2, 0) is 0 Å². The molecule has 6 nitrogen and oxygen atoms in total. The van der Waals surface area contributed by atoms with Gasteiger partial charge in [-0.2, -0.15) is 0 Å². The smallest absolute Gasteiger partial charge is 0.273 e. The lowest BCUT2D eigenvalue weighted by molar-refractivity contribution is 0.0895. The molecular weight excluding hydrogens is 312 g/mol. The van der Waals surface area contributed by atoms with E-state index < -0.39 is 0 Å². The molecule has 0 radical (unpaired) electrons. The summed E-state index contributed by atoms with van der Waals surface area (Å²) in [6.07, 6.45) is 0. The molecule has 0 spiro atoms. The summed E-state index contributed by atoms with van der Waals surface area (Å²) in [5, 5.41) is 8.79. The standard InChI is InChI=1S/C16H22N4O2S/c1-12(20-7-5-19(2)6-8-20)11-17-16(21)13-10-14(22-18-13)15-4-3-9-23-15/h3-4,9-10,12H,5-8,11H2,1-2H3,(H,17,21)/t12-/m1/s1. The topological polar surface area (TPSA) is 61.6 Å². The molecule has 3 heterocycles. The van der Waals surface area contributed by atoms with Crippen LogP contribution in [0.25, 0.3) is 10.6 Å². The SMILES string of the molecule is C[C@H](CNC(=O)c1cc(-c2cccs2)on1)N1CCN(C)CC1. The first-order chi connectivity index (χ1) is 11.1. The van der Waals surface area contributed by atoms with Crippen molar-refractivity contribution in [2.75, 3.05) is 39.8 Å². The van der Waals surface area contributed by atoms with Crippen molar-refractivity contribution >= 4 is 17.2 Å². The molecule has 3 rings (SSSR count). The summed E-state index contributed by atoms with van der Waals surface area (Å²) in [5.41, 5.74) is 0.332. The molecule has 7 heteroatoms. The number of likely N-dealkylation sites (N-methyl/N-ethyl adjacent to an activating group) is 1. The van der Waals surface area contributed by atoms with Gasteiger partial charge in [0.1, 0.15) is 0 Å². The Balaban J connectivity index is 1.51. The molecule has 1 aliphatic heterocycles. The van der Waals surface area contributed by atoms with E-state index in [-0.39, 0.29) is 5.91 Å². The van der Waals surface area contributed by atoms with Crippen LogP contribution in [0.3, 0.4) is 0 Å². The molecule has 0 aromatic carbocycles. The van der Waals surface area contributed by atoms with E-state index in [1.54, 1.807) is 17.4 Å². The highest BCUT2D eigenvalue weighted by atomic mass is 32.1. The summed E-state index contributed by atoms with van der Waals surface area (Å²) in [5.74, 6) is 0.454. The minimum atomic E-state index is -0.183. The molecule has 1 saturated heterocycles. The van der Waals surface area contributed by atoms with Crippen LogP contribution < -0.4 is 5.32 Å². The predicted octanol–water partition coefficient (Wildman–Crippen LogP) is 1.77. The Morgan fingerprint density at radius 1 is 1.43 bits per heavy atom. The summed E-state index contributed by atoms with van der Waals surface area (Å²) >= 11 is 1.56. The zero-order chi connectivity index (χ0) is 16.2. The average molecular weight is 334 g/mol. The average Bonchev–Trinajstić information content (AvgIpc) is 3.23. The minimum absolute atomic E-state index is 0.183. The Labute approximate surface area is 140 Å². The molecular formula is C16H22N4O2S. The molecule has 2 aromatic heterocycles. The van der Waals surface area contributed by atoms with Crippen molar-refractivity contribution in [3.8, 4) is 10.6 Å². The number of carbonyl (C=O) groups is 1. The summed E-state index contributed by atoms with van der Waals surface area (Å²) in [6, 6.07) is 5.90. The molecule has 1 fully saturated rings. The number of hydrogen-bond donors (Lipinski definition) is 1. The molecule has 1 atom stereocenters. The zero-order valence-corrected chi connectivity index (χ0v) is 14.3. The monoisotopic (exact) mass is 334 g/mol. The normalized spacial score (nSPS) is 18.0. The third-order valence-corrected chi connectivity index (χ3v) is 5.11. The van der Waals surface area contributed by atoms with Gasteiger partial charge in [0.15, 0.2) is 11.5 Å². The lowest BCUT2D eigenvalue weighted by Gasteiger charge is -2.36. The van der Waals surface area contributed by atoms with E-state index >= 15 is 0 Å². The molecule has 0 aliphatic carbocycles. The number of thiophene rings is 1. The van der Waals surface area contributed by atoms with Crippen molar-refractivity contribution < 1.29 is 9.32 Å². The van der Waals surface area contributed by atoms with E-state index in [4.69, 9.17) is 4.52 Å². The van der Waals surface area contributed by atoms with E-state index in [1.807, 2.05) is 17.5 Å². The molecule has 0 unspecified atom stereocenters. The number of aromatic nitrogens is 1. The number of rotatable bonds is 5. The van der Waals surface area contributed by atoms with Crippen molar-refractivity contribution in [1.29, 1.82) is 0 Å². The third-order valence-electron chi connectivity index (χ3n) is 4.23. The zero-order valence-electron chi connectivity index (χ0n) is 13.5. The fourth-order valence-corrected chi connectivity index (χ4v) is 3.31. The maximum Gasteiger partial charge on any atom is 0.273 e. The number of nitrogens with one attached hydrogen (secondary N) is 1. The number of carbonyl (C=O) groups excluding carboxylic acids is 1. The fourth-order valence-electron chi connectivity index (χ4n) is 2.64.